The van der Waals surface area contributed by atoms with Gasteiger partial charge in [-0.3, -0.25) is 0 Å². The molecule has 0 saturated carbocycles. The van der Waals surface area contributed by atoms with Crippen LogP contribution < -0.4 is 29.6 Å². The molecule has 24 heavy (non-hydrogen) atoms. The lowest BCUT2D eigenvalue weighted by atomic mass is 10.2. The van der Waals surface area contributed by atoms with Crippen LogP contribution in [0.1, 0.15) is 0 Å². The first kappa shape index (κ1) is 17.3. The second-order valence-electron chi connectivity index (χ2n) is 4.65. The number of methoxy groups -OCH3 is 4. The average molecular weight is 332 g/mol. The van der Waals surface area contributed by atoms with Gasteiger partial charge in [-0.2, -0.15) is 0 Å². The maximum atomic E-state index is 12.4. The van der Waals surface area contributed by atoms with Crippen LogP contribution in [-0.4, -0.2) is 34.5 Å². The number of hydrogen-bond donors (Lipinski definition) is 2. The van der Waals surface area contributed by atoms with Gasteiger partial charge in [-0.25, -0.2) is 4.79 Å². The molecule has 128 valence electrons. The van der Waals surface area contributed by atoms with E-state index < -0.39 is 6.03 Å². The molecule has 0 spiro atoms. The highest BCUT2D eigenvalue weighted by Gasteiger charge is 2.16. The standard InChI is InChI=1S/C17H20N2O5/c1-21-11-7-5-8-12(22-2)15(11)18-17(20)19-16-13(23-3)9-6-10-14(16)24-4/h5-10H,1-4H3,(H2,18,19,20). The van der Waals surface area contributed by atoms with Crippen molar-refractivity contribution in [2.45, 2.75) is 0 Å². The van der Waals surface area contributed by atoms with Crippen LogP contribution in [0.25, 0.3) is 0 Å². The maximum absolute atomic E-state index is 12.4. The molecule has 7 heteroatoms. The normalized spacial score (nSPS) is 9.83. The smallest absolute Gasteiger partial charge is 0.324 e. The van der Waals surface area contributed by atoms with Crippen LogP contribution in [0.15, 0.2) is 36.4 Å². The minimum Gasteiger partial charge on any atom is -0.494 e. The number of benzene rings is 2. The number of carbonyl (C=O) groups is 1. The third kappa shape index (κ3) is 3.62. The Hall–Kier alpha value is -3.09. The van der Waals surface area contributed by atoms with E-state index in [1.807, 2.05) is 0 Å². The minimum absolute atomic E-state index is 0.425. The van der Waals surface area contributed by atoms with Crippen molar-refractivity contribution >= 4 is 17.4 Å². The van der Waals surface area contributed by atoms with Crippen molar-refractivity contribution in [2.75, 3.05) is 39.1 Å². The Balaban J connectivity index is 2.27. The molecule has 0 unspecified atom stereocenters. The fourth-order valence-corrected chi connectivity index (χ4v) is 2.21. The van der Waals surface area contributed by atoms with Crippen molar-refractivity contribution in [2.24, 2.45) is 0 Å². The van der Waals surface area contributed by atoms with Crippen LogP contribution in [0.5, 0.6) is 23.0 Å². The Morgan fingerprint density at radius 3 is 1.21 bits per heavy atom. The third-order valence-corrected chi connectivity index (χ3v) is 3.33. The zero-order valence-corrected chi connectivity index (χ0v) is 14.0. The summed E-state index contributed by atoms with van der Waals surface area (Å²) in [5.74, 6) is 1.93. The number of amides is 2. The molecule has 0 bridgehead atoms. The van der Waals surface area contributed by atoms with Crippen LogP contribution >= 0.6 is 0 Å². The molecule has 2 N–H and O–H groups in total. The molecule has 0 radical (unpaired) electrons. The van der Waals surface area contributed by atoms with E-state index in [9.17, 15) is 4.79 Å². The van der Waals surface area contributed by atoms with Gasteiger partial charge in [0.1, 0.15) is 34.4 Å². The van der Waals surface area contributed by atoms with Gasteiger partial charge >= 0.3 is 6.03 Å². The first-order valence-corrected chi connectivity index (χ1v) is 7.14. The molecule has 0 aromatic heterocycles. The molecule has 0 atom stereocenters. The van der Waals surface area contributed by atoms with Crippen LogP contribution in [-0.2, 0) is 0 Å². The van der Waals surface area contributed by atoms with Crippen molar-refractivity contribution in [3.8, 4) is 23.0 Å². The topological polar surface area (TPSA) is 78.1 Å². The van der Waals surface area contributed by atoms with Crippen LogP contribution in [0, 0.1) is 0 Å². The molecule has 2 aromatic rings. The maximum Gasteiger partial charge on any atom is 0.324 e. The van der Waals surface area contributed by atoms with Gasteiger partial charge in [-0.15, -0.1) is 0 Å². The van der Waals surface area contributed by atoms with Crippen molar-refractivity contribution in [1.29, 1.82) is 0 Å². The molecule has 0 aliphatic rings. The first-order valence-electron chi connectivity index (χ1n) is 7.14. The van der Waals surface area contributed by atoms with E-state index >= 15 is 0 Å². The lowest BCUT2D eigenvalue weighted by molar-refractivity contribution is 0.261. The summed E-state index contributed by atoms with van der Waals surface area (Å²) in [6, 6.07) is 9.95. The van der Waals surface area contributed by atoms with Gasteiger partial charge < -0.3 is 29.6 Å². The number of urea groups is 1. The van der Waals surface area contributed by atoms with E-state index in [0.717, 1.165) is 0 Å². The summed E-state index contributed by atoms with van der Waals surface area (Å²) < 4.78 is 21.0. The molecule has 2 amide bonds. The average Bonchev–Trinajstić information content (AvgIpc) is 2.61. The number of ether oxygens (including phenoxy) is 4. The third-order valence-electron chi connectivity index (χ3n) is 3.33. The zero-order valence-electron chi connectivity index (χ0n) is 14.0. The van der Waals surface area contributed by atoms with E-state index in [2.05, 4.69) is 10.6 Å². The minimum atomic E-state index is -0.486. The van der Waals surface area contributed by atoms with Crippen molar-refractivity contribution in [3.63, 3.8) is 0 Å². The second kappa shape index (κ2) is 7.96. The van der Waals surface area contributed by atoms with Crippen LogP contribution in [0.3, 0.4) is 0 Å². The summed E-state index contributed by atoms with van der Waals surface area (Å²) in [5, 5.41) is 5.44. The van der Waals surface area contributed by atoms with Gasteiger partial charge in [0, 0.05) is 0 Å². The zero-order chi connectivity index (χ0) is 17.5. The molecule has 0 saturated heterocycles. The molecule has 0 aliphatic heterocycles. The fourth-order valence-electron chi connectivity index (χ4n) is 2.21. The SMILES string of the molecule is COc1cccc(OC)c1NC(=O)Nc1c(OC)cccc1OC. The highest BCUT2D eigenvalue weighted by Crippen LogP contribution is 2.36. The number of anilines is 2. The predicted molar refractivity (Wildman–Crippen MR) is 91.7 cm³/mol. The molecule has 2 aromatic carbocycles. The highest BCUT2D eigenvalue weighted by molar-refractivity contribution is 6.03. The molecule has 0 aliphatic carbocycles. The second-order valence-corrected chi connectivity index (χ2v) is 4.65. The summed E-state index contributed by atoms with van der Waals surface area (Å²) in [7, 11) is 6.06. The molecule has 0 fully saturated rings. The van der Waals surface area contributed by atoms with Crippen molar-refractivity contribution in [1.82, 2.24) is 0 Å². The van der Waals surface area contributed by atoms with Crippen LogP contribution in [0.2, 0.25) is 0 Å². The lowest BCUT2D eigenvalue weighted by Crippen LogP contribution is -2.21. The van der Waals surface area contributed by atoms with Gasteiger partial charge in [-0.05, 0) is 24.3 Å². The van der Waals surface area contributed by atoms with Crippen molar-refractivity contribution in [3.05, 3.63) is 36.4 Å². The van der Waals surface area contributed by atoms with Crippen LogP contribution in [0.4, 0.5) is 16.2 Å². The fraction of sp³-hybridized carbons (Fsp3) is 0.235. The van der Waals surface area contributed by atoms with E-state index in [1.54, 1.807) is 36.4 Å². The van der Waals surface area contributed by atoms with Gasteiger partial charge in [0.2, 0.25) is 0 Å². The number of nitrogens with one attached hydrogen (secondary N) is 2. The lowest BCUT2D eigenvalue weighted by Gasteiger charge is -2.17. The summed E-state index contributed by atoms with van der Waals surface area (Å²) in [6.07, 6.45) is 0. The summed E-state index contributed by atoms with van der Waals surface area (Å²) in [6.45, 7) is 0. The number of rotatable bonds is 6. The molecule has 7 nitrogen and oxygen atoms in total. The molecule has 0 heterocycles. The monoisotopic (exact) mass is 332 g/mol. The molecule has 2 rings (SSSR count). The summed E-state index contributed by atoms with van der Waals surface area (Å²) in [5.41, 5.74) is 0.850. The van der Waals surface area contributed by atoms with E-state index in [4.69, 9.17) is 18.9 Å². The largest absolute Gasteiger partial charge is 0.494 e. The number of para-hydroxylation sites is 2. The highest BCUT2D eigenvalue weighted by atomic mass is 16.5. The summed E-state index contributed by atoms with van der Waals surface area (Å²) in [4.78, 5) is 12.4. The molecular formula is C17H20N2O5. The Kier molecular flexibility index (Phi) is 5.73. The molecular weight excluding hydrogens is 312 g/mol. The quantitative estimate of drug-likeness (QED) is 0.848. The van der Waals surface area contributed by atoms with Crippen molar-refractivity contribution < 1.29 is 23.7 Å². The van der Waals surface area contributed by atoms with E-state index in [-0.39, 0.29) is 0 Å². The van der Waals surface area contributed by atoms with E-state index in [0.29, 0.717) is 34.4 Å². The first-order chi connectivity index (χ1) is 11.6. The Morgan fingerprint density at radius 2 is 0.958 bits per heavy atom. The van der Waals surface area contributed by atoms with Gasteiger partial charge in [0.05, 0.1) is 28.4 Å². The number of carbonyl (C=O) groups excluding carboxylic acids is 1. The van der Waals surface area contributed by atoms with Gasteiger partial charge in [0.25, 0.3) is 0 Å². The van der Waals surface area contributed by atoms with Gasteiger partial charge in [-0.1, -0.05) is 12.1 Å². The van der Waals surface area contributed by atoms with Gasteiger partial charge in [0.15, 0.2) is 0 Å². The Bertz CT molecular complexity index is 614. The van der Waals surface area contributed by atoms with E-state index in [1.165, 1.54) is 28.4 Å². The Labute approximate surface area is 140 Å². The summed E-state index contributed by atoms with van der Waals surface area (Å²) >= 11 is 0. The number of hydrogen-bond acceptors (Lipinski definition) is 5. The predicted octanol–water partition coefficient (Wildman–Crippen LogP) is 3.37. The Morgan fingerprint density at radius 1 is 0.667 bits per heavy atom.